The van der Waals surface area contributed by atoms with E-state index in [1.807, 2.05) is 12.2 Å². The second kappa shape index (κ2) is 21.4. The molecule has 0 saturated carbocycles. The molecular weight excluding hydrogens is 945 g/mol. The van der Waals surface area contributed by atoms with Gasteiger partial charge in [-0.2, -0.15) is 0 Å². The van der Waals surface area contributed by atoms with Gasteiger partial charge in [0.1, 0.15) is 11.2 Å². The summed E-state index contributed by atoms with van der Waals surface area (Å²) in [6.45, 7) is 17.7. The van der Waals surface area contributed by atoms with Crippen LogP contribution in [0.25, 0.3) is 66.7 Å². The Hall–Kier alpha value is -8.66. The van der Waals surface area contributed by atoms with Crippen molar-refractivity contribution in [3.8, 4) is 0 Å². The van der Waals surface area contributed by atoms with Gasteiger partial charge in [-0.15, -0.1) is 0 Å². The van der Waals surface area contributed by atoms with E-state index >= 15 is 0 Å². The number of rotatable bonds is 14. The number of hydrogen-bond acceptors (Lipinski definition) is 2. The Morgan fingerprint density at radius 1 is 0.705 bits per heavy atom. The summed E-state index contributed by atoms with van der Waals surface area (Å²) >= 11 is 0. The fraction of sp³-hybridized carbons (Fsp3) is 0.173. The predicted octanol–water partition coefficient (Wildman–Crippen LogP) is 20.6. The Kier molecular flexibility index (Phi) is 13.8. The quantitative estimate of drug-likeness (QED) is 0.101. The van der Waals surface area contributed by atoms with Gasteiger partial charge in [0.2, 0.25) is 0 Å². The highest BCUT2D eigenvalue weighted by atomic mass is 16.3. The van der Waals surface area contributed by atoms with Gasteiger partial charge in [0.05, 0.1) is 11.0 Å². The van der Waals surface area contributed by atoms with E-state index in [1.165, 1.54) is 61.0 Å². The van der Waals surface area contributed by atoms with E-state index in [2.05, 4.69) is 269 Å². The van der Waals surface area contributed by atoms with Crippen LogP contribution in [0.15, 0.2) is 282 Å². The number of aromatic nitrogens is 1. The maximum absolute atomic E-state index is 6.50. The smallest absolute Gasteiger partial charge is 0.135 e. The Balaban J connectivity index is 0.819. The number of para-hydroxylation sites is 1. The van der Waals surface area contributed by atoms with Crippen molar-refractivity contribution in [3.05, 3.63) is 299 Å². The molecule has 2 unspecified atom stereocenters. The maximum Gasteiger partial charge on any atom is 0.135 e. The summed E-state index contributed by atoms with van der Waals surface area (Å²) in [6.07, 6.45) is 50.8. The first-order valence-electron chi connectivity index (χ1n) is 28.0. The number of nitrogens with zero attached hydrogens (tertiary/aromatic N) is 2. The van der Waals surface area contributed by atoms with E-state index in [9.17, 15) is 0 Å². The van der Waals surface area contributed by atoms with Gasteiger partial charge in [-0.25, -0.2) is 0 Å². The molecule has 0 saturated heterocycles. The van der Waals surface area contributed by atoms with Crippen LogP contribution < -0.4 is 0 Å². The van der Waals surface area contributed by atoms with Crippen LogP contribution >= 0.6 is 0 Å². The minimum Gasteiger partial charge on any atom is -0.456 e. The van der Waals surface area contributed by atoms with Gasteiger partial charge in [0.25, 0.3) is 0 Å². The molecule has 0 radical (unpaired) electrons. The molecule has 0 N–H and O–H groups in total. The first-order valence-corrected chi connectivity index (χ1v) is 28.0. The fourth-order valence-electron chi connectivity index (χ4n) is 12.8. The van der Waals surface area contributed by atoms with E-state index in [4.69, 9.17) is 4.42 Å². The van der Waals surface area contributed by atoms with Crippen molar-refractivity contribution in [1.82, 2.24) is 9.47 Å². The normalized spacial score (nSPS) is 19.7. The molecule has 5 aliphatic carbocycles. The summed E-state index contributed by atoms with van der Waals surface area (Å²) in [5.41, 5.74) is 22.2. The van der Waals surface area contributed by atoms with Crippen molar-refractivity contribution in [2.75, 3.05) is 0 Å². The summed E-state index contributed by atoms with van der Waals surface area (Å²) in [5, 5.41) is 4.74. The Bertz CT molecular complexity index is 4040. The summed E-state index contributed by atoms with van der Waals surface area (Å²) in [5.74, 6) is 0.764. The number of allylic oxidation sites excluding steroid dienone is 27. The molecule has 0 fully saturated rings. The van der Waals surface area contributed by atoms with Crippen molar-refractivity contribution in [2.24, 2.45) is 11.3 Å². The van der Waals surface area contributed by atoms with Gasteiger partial charge in [-0.3, -0.25) is 0 Å². The second-order valence-electron chi connectivity index (χ2n) is 21.7. The summed E-state index contributed by atoms with van der Waals surface area (Å²) in [6, 6.07) is 39.6. The minimum absolute atomic E-state index is 0.152. The average Bonchev–Trinajstić information content (AvgIpc) is 4.32. The lowest BCUT2D eigenvalue weighted by molar-refractivity contribution is 0.505. The summed E-state index contributed by atoms with van der Waals surface area (Å²) in [4.78, 5) is 2.48. The fourth-order valence-corrected chi connectivity index (χ4v) is 12.8. The molecule has 5 aliphatic rings. The van der Waals surface area contributed by atoms with Gasteiger partial charge in [-0.05, 0) is 187 Å². The molecule has 0 spiro atoms. The van der Waals surface area contributed by atoms with Gasteiger partial charge < -0.3 is 13.9 Å². The first-order chi connectivity index (χ1) is 38.2. The standard InChI is InChI=1S/C75H68N2O/c1-7-21-59(9-3)77-71-31-18-17-30-65(71)66-46-52(32-43-72(66)77)25-19-28-53(8-2)56-36-44-73-67(47-56)68-48-57(37-45-74(68)78-73)58-35-41-63-64-42-40-62(50-70(64)75(5,6)69(63)49-58)76(60(10-4)29-20-24-51-22-13-11-14-23-51)61-38-33-55(34-39-61)54-26-15-12-16-27-54/h7-22,24-33,36-39,43-51,55H,2,4,23,34-35,40-42H2,1,3,5-6H3/b21-7-,24-20+,25-19+,53-28+,59-9+,60-29+. The molecule has 5 aromatic carbocycles. The highest BCUT2D eigenvalue weighted by Gasteiger charge is 2.41. The minimum atomic E-state index is -0.152. The van der Waals surface area contributed by atoms with Crippen LogP contribution in [0.4, 0.5) is 0 Å². The lowest BCUT2D eigenvalue weighted by atomic mass is 9.76. The van der Waals surface area contributed by atoms with Crippen LogP contribution in [-0.4, -0.2) is 9.47 Å². The Morgan fingerprint density at radius 2 is 1.49 bits per heavy atom. The molecule has 0 bridgehead atoms. The molecule has 78 heavy (non-hydrogen) atoms. The van der Waals surface area contributed by atoms with Gasteiger partial charge in [0, 0.05) is 55.7 Å². The molecule has 3 nitrogen and oxygen atoms in total. The zero-order valence-electron chi connectivity index (χ0n) is 45.6. The van der Waals surface area contributed by atoms with E-state index in [0.717, 1.165) is 88.6 Å². The molecule has 12 rings (SSSR count). The summed E-state index contributed by atoms with van der Waals surface area (Å²) in [7, 11) is 0. The lowest BCUT2D eigenvalue weighted by Gasteiger charge is -2.35. The van der Waals surface area contributed by atoms with Crippen LogP contribution in [0.2, 0.25) is 0 Å². The monoisotopic (exact) mass is 1010 g/mol. The largest absolute Gasteiger partial charge is 0.456 e. The third-order valence-corrected chi connectivity index (χ3v) is 16.8. The van der Waals surface area contributed by atoms with E-state index in [1.54, 1.807) is 11.1 Å². The summed E-state index contributed by atoms with van der Waals surface area (Å²) < 4.78 is 8.86. The van der Waals surface area contributed by atoms with Gasteiger partial charge in [-0.1, -0.05) is 185 Å². The lowest BCUT2D eigenvalue weighted by Crippen LogP contribution is -2.24. The second-order valence-corrected chi connectivity index (χ2v) is 21.7. The van der Waals surface area contributed by atoms with Crippen molar-refractivity contribution in [2.45, 2.75) is 72.1 Å². The van der Waals surface area contributed by atoms with E-state index in [-0.39, 0.29) is 5.41 Å². The highest BCUT2D eigenvalue weighted by molar-refractivity contribution is 6.11. The van der Waals surface area contributed by atoms with Crippen LogP contribution in [0, 0.1) is 11.3 Å². The molecule has 2 aromatic heterocycles. The molecule has 0 aliphatic heterocycles. The molecule has 0 amide bonds. The zero-order chi connectivity index (χ0) is 53.3. The zero-order valence-corrected chi connectivity index (χ0v) is 45.6. The van der Waals surface area contributed by atoms with Gasteiger partial charge in [0.15, 0.2) is 0 Å². The number of benzene rings is 5. The Labute approximate surface area is 461 Å². The van der Waals surface area contributed by atoms with Crippen molar-refractivity contribution >= 4 is 66.7 Å². The van der Waals surface area contributed by atoms with Crippen molar-refractivity contribution in [1.29, 1.82) is 0 Å². The predicted molar refractivity (Wildman–Crippen MR) is 334 cm³/mol. The number of fused-ring (bicyclic) bond motifs is 7. The highest BCUT2D eigenvalue weighted by Crippen LogP contribution is 2.56. The molecular formula is C75H68N2O. The number of furan rings is 1. The topological polar surface area (TPSA) is 21.3 Å². The van der Waals surface area contributed by atoms with Crippen molar-refractivity contribution < 1.29 is 4.42 Å². The SMILES string of the molecule is C=C/C(=C\C=C\c1ccc2c(c1)c1ccccc1n2C(/C=C\C)=C/C)c1ccc2oc3ccc(C4=CC5=C(CC4)C4=C(C=C(N(C6=CCC(c7ccccc7)C=C6)/C(C=C)=C/C=C/C6C=CC=CC6)CC4)C5(C)C)cc3c2c1. The number of hydrogen-bond donors (Lipinski definition) is 0. The van der Waals surface area contributed by atoms with Crippen molar-refractivity contribution in [3.63, 3.8) is 0 Å². The van der Waals surface area contributed by atoms with Crippen LogP contribution in [0.5, 0.6) is 0 Å². The van der Waals surface area contributed by atoms with Crippen LogP contribution in [0.3, 0.4) is 0 Å². The third kappa shape index (κ3) is 9.32. The molecule has 384 valence electrons. The molecule has 2 atom stereocenters. The molecule has 3 heteroatoms. The first kappa shape index (κ1) is 50.2. The van der Waals surface area contributed by atoms with E-state index < -0.39 is 0 Å². The average molecular weight is 1010 g/mol. The molecule has 7 aromatic rings. The van der Waals surface area contributed by atoms with E-state index in [0.29, 0.717) is 11.8 Å². The maximum atomic E-state index is 6.50. The van der Waals surface area contributed by atoms with Gasteiger partial charge >= 0.3 is 0 Å². The molecule has 2 heterocycles. The third-order valence-electron chi connectivity index (χ3n) is 16.8. The van der Waals surface area contributed by atoms with Crippen LogP contribution in [0.1, 0.15) is 94.4 Å². The van der Waals surface area contributed by atoms with Crippen LogP contribution in [-0.2, 0) is 0 Å². The Morgan fingerprint density at radius 3 is 2.26 bits per heavy atom.